The number of nitrogens with zero attached hydrogens (tertiary/aromatic N) is 1. The number of hydrazine groups is 1. The van der Waals surface area contributed by atoms with Gasteiger partial charge in [0.15, 0.2) is 5.03 Å². The smallest absolute Gasteiger partial charge is 0.260 e. The fourth-order valence-electron chi connectivity index (χ4n) is 1.89. The molecular weight excluding hydrogens is 312 g/mol. The summed E-state index contributed by atoms with van der Waals surface area (Å²) in [5, 5.41) is 0.331. The topological polar surface area (TPSA) is 97.1 Å². The molecule has 0 saturated heterocycles. The average molecular weight is 327 g/mol. The molecule has 1 aromatic carbocycles. The van der Waals surface area contributed by atoms with E-state index >= 15 is 0 Å². The lowest BCUT2D eigenvalue weighted by atomic mass is 10.1. The fraction of sp³-hybridized carbons (Fsp3) is 0.154. The molecule has 8 heteroatoms. The van der Waals surface area contributed by atoms with Gasteiger partial charge in [0.05, 0.1) is 5.69 Å². The van der Waals surface area contributed by atoms with Crippen molar-refractivity contribution in [2.45, 2.75) is 18.0 Å². The van der Waals surface area contributed by atoms with Crippen LogP contribution < -0.4 is 16.0 Å². The van der Waals surface area contributed by atoms with Crippen molar-refractivity contribution in [1.29, 1.82) is 0 Å². The molecule has 2 rings (SSSR count). The molecule has 4 N–H and O–H groups in total. The van der Waals surface area contributed by atoms with E-state index < -0.39 is 16.1 Å². The summed E-state index contributed by atoms with van der Waals surface area (Å²) in [4.78, 5) is 3.86. The molecule has 0 spiro atoms. The van der Waals surface area contributed by atoms with Crippen LogP contribution in [0.1, 0.15) is 18.5 Å². The lowest BCUT2D eigenvalue weighted by molar-refractivity contribution is 0.563. The van der Waals surface area contributed by atoms with E-state index in [-0.39, 0.29) is 10.7 Å². The molecule has 0 bridgehead atoms. The van der Waals surface area contributed by atoms with Crippen LogP contribution in [0.15, 0.2) is 47.6 Å². The van der Waals surface area contributed by atoms with Crippen LogP contribution in [0.3, 0.4) is 0 Å². The van der Waals surface area contributed by atoms with Crippen molar-refractivity contribution >= 4 is 27.3 Å². The van der Waals surface area contributed by atoms with E-state index in [1.54, 1.807) is 37.3 Å². The van der Waals surface area contributed by atoms with Gasteiger partial charge in [-0.15, -0.1) is 0 Å². The summed E-state index contributed by atoms with van der Waals surface area (Å²) in [5.74, 6) is 5.31. The first-order chi connectivity index (χ1) is 9.95. The zero-order chi connectivity index (χ0) is 15.5. The van der Waals surface area contributed by atoms with E-state index in [2.05, 4.69) is 15.1 Å². The third-order valence-corrected chi connectivity index (χ3v) is 4.73. The molecule has 0 fully saturated rings. The van der Waals surface area contributed by atoms with Gasteiger partial charge in [0.25, 0.3) is 10.0 Å². The highest BCUT2D eigenvalue weighted by atomic mass is 35.5. The second kappa shape index (κ2) is 6.40. The highest BCUT2D eigenvalue weighted by Gasteiger charge is 2.23. The van der Waals surface area contributed by atoms with Crippen LogP contribution in [0, 0.1) is 0 Å². The van der Waals surface area contributed by atoms with Crippen LogP contribution in [-0.4, -0.2) is 13.4 Å². The number of anilines is 1. The number of nitrogens with two attached hydrogens (primary N) is 1. The summed E-state index contributed by atoms with van der Waals surface area (Å²) in [5.41, 5.74) is 3.22. The van der Waals surface area contributed by atoms with Crippen molar-refractivity contribution in [1.82, 2.24) is 9.71 Å². The number of hydrogen-bond acceptors (Lipinski definition) is 5. The van der Waals surface area contributed by atoms with Crippen LogP contribution in [0.2, 0.25) is 5.02 Å². The normalized spacial score (nSPS) is 12.9. The summed E-state index contributed by atoms with van der Waals surface area (Å²) in [6, 6.07) is 9.65. The number of benzene rings is 1. The molecule has 0 aliphatic heterocycles. The Kier molecular flexibility index (Phi) is 4.79. The summed E-state index contributed by atoms with van der Waals surface area (Å²) >= 11 is 6.07. The quantitative estimate of drug-likeness (QED) is 0.577. The second-order valence-electron chi connectivity index (χ2n) is 4.36. The van der Waals surface area contributed by atoms with Gasteiger partial charge in [-0.25, -0.2) is 18.1 Å². The maximum Gasteiger partial charge on any atom is 0.260 e. The largest absolute Gasteiger partial charge is 0.321 e. The number of rotatable bonds is 5. The standard InChI is InChI=1S/C13H15ClN4O2S/c1-9(10-5-2-3-6-11(10)14)18-21(19,20)13-12(17-15)7-4-8-16-13/h2-9,17-18H,15H2,1H3. The third kappa shape index (κ3) is 3.51. The summed E-state index contributed by atoms with van der Waals surface area (Å²) in [6.07, 6.45) is 1.38. The Morgan fingerprint density at radius 1 is 1.24 bits per heavy atom. The molecule has 0 saturated carbocycles. The SMILES string of the molecule is CC(NS(=O)(=O)c1ncccc1NN)c1ccccc1Cl. The molecule has 1 atom stereocenters. The van der Waals surface area contributed by atoms with Crippen molar-refractivity contribution in [3.63, 3.8) is 0 Å². The maximum absolute atomic E-state index is 12.4. The Morgan fingerprint density at radius 2 is 1.95 bits per heavy atom. The Morgan fingerprint density at radius 3 is 2.62 bits per heavy atom. The van der Waals surface area contributed by atoms with Crippen molar-refractivity contribution in [2.75, 3.05) is 5.43 Å². The molecule has 1 unspecified atom stereocenters. The number of aromatic nitrogens is 1. The van der Waals surface area contributed by atoms with Gasteiger partial charge < -0.3 is 5.43 Å². The van der Waals surface area contributed by atoms with Crippen molar-refractivity contribution in [3.05, 3.63) is 53.2 Å². The van der Waals surface area contributed by atoms with E-state index in [4.69, 9.17) is 17.4 Å². The predicted molar refractivity (Wildman–Crippen MR) is 82.2 cm³/mol. The Hall–Kier alpha value is -1.67. The average Bonchev–Trinajstić information content (AvgIpc) is 2.47. The number of sulfonamides is 1. The van der Waals surface area contributed by atoms with Crippen LogP contribution in [0.4, 0.5) is 5.69 Å². The minimum Gasteiger partial charge on any atom is -0.321 e. The molecule has 0 aliphatic carbocycles. The van der Waals surface area contributed by atoms with Crippen LogP contribution in [-0.2, 0) is 10.0 Å². The Bertz CT molecular complexity index is 736. The van der Waals surface area contributed by atoms with E-state index in [9.17, 15) is 8.42 Å². The van der Waals surface area contributed by atoms with E-state index in [1.165, 1.54) is 12.3 Å². The number of hydrogen-bond donors (Lipinski definition) is 3. The minimum atomic E-state index is -3.83. The molecule has 0 radical (unpaired) electrons. The lowest BCUT2D eigenvalue weighted by Crippen LogP contribution is -2.29. The van der Waals surface area contributed by atoms with Crippen molar-refractivity contribution in [3.8, 4) is 0 Å². The van der Waals surface area contributed by atoms with E-state index in [0.29, 0.717) is 10.6 Å². The summed E-state index contributed by atoms with van der Waals surface area (Å²) < 4.78 is 27.3. The van der Waals surface area contributed by atoms with Gasteiger partial charge >= 0.3 is 0 Å². The van der Waals surface area contributed by atoms with Crippen LogP contribution in [0.25, 0.3) is 0 Å². The van der Waals surface area contributed by atoms with E-state index in [0.717, 1.165) is 0 Å². The highest BCUT2D eigenvalue weighted by Crippen LogP contribution is 2.25. The van der Waals surface area contributed by atoms with Gasteiger partial charge in [-0.1, -0.05) is 29.8 Å². The van der Waals surface area contributed by atoms with Crippen LogP contribution >= 0.6 is 11.6 Å². The minimum absolute atomic E-state index is 0.161. The monoisotopic (exact) mass is 326 g/mol. The first-order valence-corrected chi connectivity index (χ1v) is 8.00. The van der Waals surface area contributed by atoms with Gasteiger partial charge in [-0.2, -0.15) is 0 Å². The number of nitrogens with one attached hydrogen (secondary N) is 2. The predicted octanol–water partition coefficient (Wildman–Crippen LogP) is 2.06. The zero-order valence-corrected chi connectivity index (χ0v) is 12.8. The van der Waals surface area contributed by atoms with Gasteiger partial charge in [0.1, 0.15) is 0 Å². The first-order valence-electron chi connectivity index (χ1n) is 6.14. The zero-order valence-electron chi connectivity index (χ0n) is 11.2. The first kappa shape index (κ1) is 15.7. The second-order valence-corrected chi connectivity index (χ2v) is 6.40. The molecule has 0 aliphatic rings. The summed E-state index contributed by atoms with van der Waals surface area (Å²) in [7, 11) is -3.83. The van der Waals surface area contributed by atoms with Crippen LogP contribution in [0.5, 0.6) is 0 Å². The fourth-order valence-corrected chi connectivity index (χ4v) is 3.51. The van der Waals surface area contributed by atoms with E-state index in [1.807, 2.05) is 0 Å². The molecule has 1 aromatic heterocycles. The van der Waals surface area contributed by atoms with Crippen molar-refractivity contribution < 1.29 is 8.42 Å². The number of halogens is 1. The number of nitrogen functional groups attached to an aromatic ring is 1. The summed E-state index contributed by atoms with van der Waals surface area (Å²) in [6.45, 7) is 1.71. The molecule has 1 heterocycles. The molecule has 0 amide bonds. The molecule has 112 valence electrons. The maximum atomic E-state index is 12.4. The molecule has 6 nitrogen and oxygen atoms in total. The Labute approximate surface area is 128 Å². The van der Waals surface area contributed by atoms with Gasteiger partial charge in [0.2, 0.25) is 0 Å². The van der Waals surface area contributed by atoms with Crippen molar-refractivity contribution in [2.24, 2.45) is 5.84 Å². The van der Waals surface area contributed by atoms with Gasteiger partial charge in [0, 0.05) is 17.3 Å². The van der Waals surface area contributed by atoms with Gasteiger partial charge in [-0.05, 0) is 30.7 Å². The molecule has 2 aromatic rings. The molecular formula is C13H15ClN4O2S. The van der Waals surface area contributed by atoms with Gasteiger partial charge in [-0.3, -0.25) is 5.84 Å². The number of pyridine rings is 1. The third-order valence-electron chi connectivity index (χ3n) is 2.88. The Balaban J connectivity index is 2.32. The highest BCUT2D eigenvalue weighted by molar-refractivity contribution is 7.89. The lowest BCUT2D eigenvalue weighted by Gasteiger charge is -2.16. The molecule has 21 heavy (non-hydrogen) atoms.